The van der Waals surface area contributed by atoms with Gasteiger partial charge in [-0.25, -0.2) is 0 Å². The molecule has 0 unspecified atom stereocenters. The van der Waals surface area contributed by atoms with Crippen LogP contribution < -0.4 is 4.90 Å². The van der Waals surface area contributed by atoms with E-state index in [1.807, 2.05) is 11.0 Å². The van der Waals surface area contributed by atoms with Gasteiger partial charge in [-0.1, -0.05) is 18.0 Å². The van der Waals surface area contributed by atoms with E-state index < -0.39 is 0 Å². The number of pyridine rings is 1. The smallest absolute Gasteiger partial charge is 0.228 e. The average Bonchev–Trinajstić information content (AvgIpc) is 2.54. The van der Waals surface area contributed by atoms with Crippen molar-refractivity contribution in [1.29, 1.82) is 0 Å². The van der Waals surface area contributed by atoms with Gasteiger partial charge in [-0.3, -0.25) is 9.78 Å². The van der Waals surface area contributed by atoms with Crippen LogP contribution in [0, 0.1) is 5.41 Å². The molecule has 1 aliphatic heterocycles. The molecule has 1 amide bonds. The van der Waals surface area contributed by atoms with Crippen LogP contribution in [0.15, 0.2) is 18.5 Å². The third-order valence-electron chi connectivity index (χ3n) is 5.21. The molecule has 1 saturated heterocycles. The third-order valence-corrected chi connectivity index (χ3v) is 5.50. The quantitative estimate of drug-likeness (QED) is 0.828. The molecule has 3 rings (SSSR count). The molecule has 23 heavy (non-hydrogen) atoms. The molecule has 0 spiro atoms. The fraction of sp³-hybridized carbons (Fsp3) is 0.647. The van der Waals surface area contributed by atoms with Gasteiger partial charge in [-0.15, -0.1) is 0 Å². The molecule has 0 radical (unpaired) electrons. The van der Waals surface area contributed by atoms with E-state index in [0.717, 1.165) is 57.5 Å². The third kappa shape index (κ3) is 3.31. The Morgan fingerprint density at radius 2 is 2.09 bits per heavy atom. The van der Waals surface area contributed by atoms with Gasteiger partial charge in [-0.2, -0.15) is 0 Å². The Morgan fingerprint density at radius 1 is 1.35 bits per heavy atom. The van der Waals surface area contributed by atoms with E-state index in [9.17, 15) is 4.79 Å². The Bertz CT molecular complexity index is 555. The molecule has 1 aliphatic carbocycles. The standard InChI is InChI=1S/C17H24ClN3O2/c1-23-12-6-17(4-2-5-17)16(22)21-10-8-20(9-11-21)15-3-7-19-13-14(15)18/h3,7,13H,2,4-6,8-12H2,1H3. The number of carbonyl (C=O) groups excluding carboxylic acids is 1. The molecule has 0 atom stereocenters. The lowest BCUT2D eigenvalue weighted by Gasteiger charge is -2.46. The lowest BCUT2D eigenvalue weighted by atomic mass is 9.65. The number of hydrogen-bond acceptors (Lipinski definition) is 4. The number of amides is 1. The van der Waals surface area contributed by atoms with Gasteiger partial charge in [0.05, 0.1) is 16.1 Å². The summed E-state index contributed by atoms with van der Waals surface area (Å²) in [4.78, 5) is 21.2. The number of hydrogen-bond donors (Lipinski definition) is 0. The SMILES string of the molecule is COCCC1(C(=O)N2CCN(c3ccncc3Cl)CC2)CCC1. The van der Waals surface area contributed by atoms with E-state index in [1.54, 1.807) is 19.5 Å². The van der Waals surface area contributed by atoms with Crippen LogP contribution in [0.5, 0.6) is 0 Å². The zero-order valence-electron chi connectivity index (χ0n) is 13.6. The van der Waals surface area contributed by atoms with Crippen LogP contribution in [0.4, 0.5) is 5.69 Å². The fourth-order valence-electron chi connectivity index (χ4n) is 3.58. The van der Waals surface area contributed by atoms with Crippen molar-refractivity contribution in [1.82, 2.24) is 9.88 Å². The highest BCUT2D eigenvalue weighted by molar-refractivity contribution is 6.33. The second-order valence-electron chi connectivity index (χ2n) is 6.48. The Kier molecular flexibility index (Phi) is 5.07. The highest BCUT2D eigenvalue weighted by Gasteiger charge is 2.46. The van der Waals surface area contributed by atoms with Crippen LogP contribution in [-0.4, -0.2) is 55.7 Å². The fourth-order valence-corrected chi connectivity index (χ4v) is 3.82. The maximum Gasteiger partial charge on any atom is 0.228 e. The van der Waals surface area contributed by atoms with Crippen LogP contribution in [0.2, 0.25) is 5.02 Å². The lowest BCUT2D eigenvalue weighted by Crippen LogP contribution is -2.55. The first-order chi connectivity index (χ1) is 11.2. The molecule has 0 bridgehead atoms. The first-order valence-electron chi connectivity index (χ1n) is 8.29. The predicted octanol–water partition coefficient (Wildman–Crippen LogP) is 2.59. The molecule has 2 fully saturated rings. The zero-order chi connectivity index (χ0) is 16.3. The van der Waals surface area contributed by atoms with Gasteiger partial charge >= 0.3 is 0 Å². The van der Waals surface area contributed by atoms with Gasteiger partial charge in [0.15, 0.2) is 0 Å². The van der Waals surface area contributed by atoms with Crippen LogP contribution >= 0.6 is 11.6 Å². The second-order valence-corrected chi connectivity index (χ2v) is 6.89. The first-order valence-corrected chi connectivity index (χ1v) is 8.67. The van der Waals surface area contributed by atoms with Gasteiger partial charge in [0.1, 0.15) is 0 Å². The minimum absolute atomic E-state index is 0.160. The number of halogens is 1. The van der Waals surface area contributed by atoms with Crippen molar-refractivity contribution in [3.05, 3.63) is 23.5 Å². The van der Waals surface area contributed by atoms with Crippen molar-refractivity contribution in [2.45, 2.75) is 25.7 Å². The van der Waals surface area contributed by atoms with E-state index >= 15 is 0 Å². The number of nitrogens with zero attached hydrogens (tertiary/aromatic N) is 3. The minimum Gasteiger partial charge on any atom is -0.385 e. The maximum atomic E-state index is 12.9. The molecule has 0 aromatic carbocycles. The maximum absolute atomic E-state index is 12.9. The summed E-state index contributed by atoms with van der Waals surface area (Å²) < 4.78 is 5.20. The molecule has 2 heterocycles. The number of aromatic nitrogens is 1. The molecule has 6 heteroatoms. The molecule has 2 aliphatic rings. The van der Waals surface area contributed by atoms with Crippen molar-refractivity contribution >= 4 is 23.2 Å². The Morgan fingerprint density at radius 3 is 2.65 bits per heavy atom. The van der Waals surface area contributed by atoms with Gasteiger partial charge in [0, 0.05) is 52.3 Å². The Balaban J connectivity index is 1.60. The lowest BCUT2D eigenvalue weighted by molar-refractivity contribution is -0.149. The van der Waals surface area contributed by atoms with E-state index in [1.165, 1.54) is 0 Å². The van der Waals surface area contributed by atoms with Crippen LogP contribution in [-0.2, 0) is 9.53 Å². The highest BCUT2D eigenvalue weighted by atomic mass is 35.5. The predicted molar refractivity (Wildman–Crippen MR) is 90.8 cm³/mol. The van der Waals surface area contributed by atoms with E-state index in [4.69, 9.17) is 16.3 Å². The number of anilines is 1. The second kappa shape index (κ2) is 7.05. The summed E-state index contributed by atoms with van der Waals surface area (Å²) >= 11 is 6.22. The molecule has 0 N–H and O–H groups in total. The van der Waals surface area contributed by atoms with Gasteiger partial charge < -0.3 is 14.5 Å². The largest absolute Gasteiger partial charge is 0.385 e. The highest BCUT2D eigenvalue weighted by Crippen LogP contribution is 2.45. The number of piperazine rings is 1. The molecule has 1 aromatic heterocycles. The van der Waals surface area contributed by atoms with Crippen molar-refractivity contribution in [2.24, 2.45) is 5.41 Å². The number of carbonyl (C=O) groups is 1. The average molecular weight is 338 g/mol. The summed E-state index contributed by atoms with van der Waals surface area (Å²) in [6, 6.07) is 1.94. The van der Waals surface area contributed by atoms with Crippen LogP contribution in [0.1, 0.15) is 25.7 Å². The Hall–Kier alpha value is -1.33. The van der Waals surface area contributed by atoms with E-state index in [-0.39, 0.29) is 5.41 Å². The molecular weight excluding hydrogens is 314 g/mol. The summed E-state index contributed by atoms with van der Waals surface area (Å²) in [6.45, 7) is 3.81. The monoisotopic (exact) mass is 337 g/mol. The summed E-state index contributed by atoms with van der Waals surface area (Å²) in [7, 11) is 1.70. The van der Waals surface area contributed by atoms with Gasteiger partial charge in [-0.05, 0) is 25.3 Å². The summed E-state index contributed by atoms with van der Waals surface area (Å²) in [6.07, 6.45) is 7.44. The molecule has 5 nitrogen and oxygen atoms in total. The van der Waals surface area contributed by atoms with Crippen LogP contribution in [0.3, 0.4) is 0 Å². The van der Waals surface area contributed by atoms with Crippen molar-refractivity contribution < 1.29 is 9.53 Å². The van der Waals surface area contributed by atoms with E-state index in [2.05, 4.69) is 9.88 Å². The Labute approximate surface area is 142 Å². The normalized spacial score (nSPS) is 20.3. The van der Waals surface area contributed by atoms with Gasteiger partial charge in [0.2, 0.25) is 5.91 Å². The van der Waals surface area contributed by atoms with Crippen molar-refractivity contribution in [2.75, 3.05) is 44.8 Å². The van der Waals surface area contributed by atoms with Crippen molar-refractivity contribution in [3.8, 4) is 0 Å². The summed E-state index contributed by atoms with van der Waals surface area (Å²) in [5, 5.41) is 0.669. The molecule has 1 saturated carbocycles. The topological polar surface area (TPSA) is 45.7 Å². The van der Waals surface area contributed by atoms with Gasteiger partial charge in [0.25, 0.3) is 0 Å². The number of ether oxygens (including phenoxy) is 1. The number of methoxy groups -OCH3 is 1. The number of rotatable bonds is 5. The van der Waals surface area contributed by atoms with E-state index in [0.29, 0.717) is 17.5 Å². The van der Waals surface area contributed by atoms with Crippen molar-refractivity contribution in [3.63, 3.8) is 0 Å². The summed E-state index contributed by atoms with van der Waals surface area (Å²) in [5.41, 5.74) is 0.846. The zero-order valence-corrected chi connectivity index (χ0v) is 14.4. The minimum atomic E-state index is -0.160. The van der Waals surface area contributed by atoms with Crippen LogP contribution in [0.25, 0.3) is 0 Å². The summed E-state index contributed by atoms with van der Waals surface area (Å²) in [5.74, 6) is 0.321. The first kappa shape index (κ1) is 16.5. The molecule has 1 aromatic rings. The molecule has 126 valence electrons. The molecular formula is C17H24ClN3O2.